The molecule has 2 N–H and O–H groups in total. The number of nitrogens with one attached hydrogen (secondary N) is 1. The molecule has 3 nitrogen and oxygen atoms in total. The quantitative estimate of drug-likeness (QED) is 0.874. The number of benzene rings is 1. The zero-order valence-electron chi connectivity index (χ0n) is 13.3. The van der Waals surface area contributed by atoms with Gasteiger partial charge >= 0.3 is 0 Å². The van der Waals surface area contributed by atoms with Gasteiger partial charge in [-0.25, -0.2) is 0 Å². The summed E-state index contributed by atoms with van der Waals surface area (Å²) in [5.74, 6) is 0. The summed E-state index contributed by atoms with van der Waals surface area (Å²) < 4.78 is 0. The molecule has 2 aliphatic carbocycles. The number of anilines is 1. The van der Waals surface area contributed by atoms with Crippen LogP contribution < -0.4 is 10.2 Å². The Bertz CT molecular complexity index is 484. The predicted octanol–water partition coefficient (Wildman–Crippen LogP) is 2.99. The molecule has 0 spiro atoms. The second-order valence-corrected chi connectivity index (χ2v) is 6.80. The number of likely N-dealkylation sites (N-methyl/N-ethyl adjacent to an activating group) is 1. The van der Waals surface area contributed by atoms with Gasteiger partial charge in [-0.3, -0.25) is 0 Å². The van der Waals surface area contributed by atoms with E-state index in [1.807, 2.05) is 0 Å². The normalized spacial score (nSPS) is 25.9. The molecular weight excluding hydrogens is 260 g/mol. The molecule has 0 bridgehead atoms. The second-order valence-electron chi connectivity index (χ2n) is 6.80. The highest BCUT2D eigenvalue weighted by molar-refractivity contribution is 5.51. The minimum Gasteiger partial charge on any atom is -0.391 e. The number of aliphatic hydroxyl groups excluding tert-OH is 1. The van der Waals surface area contributed by atoms with Gasteiger partial charge in [0.1, 0.15) is 0 Å². The van der Waals surface area contributed by atoms with Crippen LogP contribution in [0, 0.1) is 6.92 Å². The van der Waals surface area contributed by atoms with Crippen LogP contribution >= 0.6 is 0 Å². The van der Waals surface area contributed by atoms with E-state index in [4.69, 9.17) is 0 Å². The van der Waals surface area contributed by atoms with Crippen molar-refractivity contribution >= 4 is 5.69 Å². The first kappa shape index (κ1) is 14.9. The van der Waals surface area contributed by atoms with Crippen molar-refractivity contribution in [1.82, 2.24) is 5.32 Å². The number of aryl methyl sites for hydroxylation is 1. The van der Waals surface area contributed by atoms with Gasteiger partial charge in [0.25, 0.3) is 0 Å². The Morgan fingerprint density at radius 2 is 1.95 bits per heavy atom. The Labute approximate surface area is 128 Å². The number of hydrogen-bond donors (Lipinski definition) is 2. The third-order valence-corrected chi connectivity index (χ3v) is 5.08. The molecule has 0 amide bonds. The SMILES string of the molecule is Cc1cc(N(C)C2CCCCC2O)ccc1CNC1CC1. The summed E-state index contributed by atoms with van der Waals surface area (Å²) in [7, 11) is 2.12. The molecule has 0 saturated heterocycles. The number of nitrogens with zero attached hydrogens (tertiary/aromatic N) is 1. The van der Waals surface area contributed by atoms with Crippen LogP contribution in [0.1, 0.15) is 49.7 Å². The maximum absolute atomic E-state index is 10.2. The van der Waals surface area contributed by atoms with Gasteiger partial charge in [-0.1, -0.05) is 18.9 Å². The molecule has 0 radical (unpaired) electrons. The van der Waals surface area contributed by atoms with E-state index in [1.165, 1.54) is 36.1 Å². The van der Waals surface area contributed by atoms with Crippen LogP contribution in [0.5, 0.6) is 0 Å². The van der Waals surface area contributed by atoms with E-state index in [0.29, 0.717) is 0 Å². The van der Waals surface area contributed by atoms with Gasteiger partial charge in [0, 0.05) is 25.3 Å². The van der Waals surface area contributed by atoms with Crippen LogP contribution in [0.25, 0.3) is 0 Å². The minimum absolute atomic E-state index is 0.180. The summed E-state index contributed by atoms with van der Waals surface area (Å²) in [6, 6.07) is 7.74. The predicted molar refractivity (Wildman–Crippen MR) is 87.7 cm³/mol. The molecule has 2 unspecified atom stereocenters. The Morgan fingerprint density at radius 1 is 1.19 bits per heavy atom. The average molecular weight is 288 g/mol. The molecule has 21 heavy (non-hydrogen) atoms. The molecule has 1 aromatic rings. The third kappa shape index (κ3) is 3.58. The van der Waals surface area contributed by atoms with Crippen molar-refractivity contribution in [2.45, 2.75) is 70.2 Å². The first-order valence-electron chi connectivity index (χ1n) is 8.39. The van der Waals surface area contributed by atoms with Gasteiger partial charge in [0.05, 0.1) is 12.1 Å². The molecule has 2 saturated carbocycles. The Kier molecular flexibility index (Phi) is 4.51. The molecule has 0 aromatic heterocycles. The summed E-state index contributed by atoms with van der Waals surface area (Å²) in [5, 5.41) is 13.8. The van der Waals surface area contributed by atoms with Crippen LogP contribution in [0.15, 0.2) is 18.2 Å². The molecule has 1 aromatic carbocycles. The van der Waals surface area contributed by atoms with Crippen LogP contribution in [0.3, 0.4) is 0 Å². The highest BCUT2D eigenvalue weighted by atomic mass is 16.3. The number of aliphatic hydroxyl groups is 1. The van der Waals surface area contributed by atoms with Crippen LogP contribution in [0.4, 0.5) is 5.69 Å². The van der Waals surface area contributed by atoms with Gasteiger partial charge < -0.3 is 15.3 Å². The fourth-order valence-electron chi connectivity index (χ4n) is 3.37. The fraction of sp³-hybridized carbons (Fsp3) is 0.667. The van der Waals surface area contributed by atoms with Crippen molar-refractivity contribution in [3.63, 3.8) is 0 Å². The highest BCUT2D eigenvalue weighted by Gasteiger charge is 2.27. The van der Waals surface area contributed by atoms with Crippen molar-refractivity contribution in [2.24, 2.45) is 0 Å². The zero-order chi connectivity index (χ0) is 14.8. The molecular formula is C18H28N2O. The van der Waals surface area contributed by atoms with E-state index in [-0.39, 0.29) is 12.1 Å². The Hall–Kier alpha value is -1.06. The van der Waals surface area contributed by atoms with Crippen molar-refractivity contribution < 1.29 is 5.11 Å². The minimum atomic E-state index is -0.180. The molecule has 2 fully saturated rings. The van der Waals surface area contributed by atoms with E-state index >= 15 is 0 Å². The summed E-state index contributed by atoms with van der Waals surface area (Å²) in [6.07, 6.45) is 6.92. The van der Waals surface area contributed by atoms with E-state index in [0.717, 1.165) is 31.8 Å². The lowest BCUT2D eigenvalue weighted by atomic mass is 9.91. The topological polar surface area (TPSA) is 35.5 Å². The van der Waals surface area contributed by atoms with Crippen LogP contribution in [-0.2, 0) is 6.54 Å². The molecule has 116 valence electrons. The first-order chi connectivity index (χ1) is 10.1. The van der Waals surface area contributed by atoms with Gasteiger partial charge in [0.2, 0.25) is 0 Å². The van der Waals surface area contributed by atoms with E-state index in [9.17, 15) is 5.11 Å². The second kappa shape index (κ2) is 6.37. The number of rotatable bonds is 5. The Morgan fingerprint density at radius 3 is 2.62 bits per heavy atom. The third-order valence-electron chi connectivity index (χ3n) is 5.08. The summed E-state index contributed by atoms with van der Waals surface area (Å²) in [5.41, 5.74) is 3.97. The van der Waals surface area contributed by atoms with Crippen molar-refractivity contribution in [3.05, 3.63) is 29.3 Å². The van der Waals surface area contributed by atoms with E-state index in [1.54, 1.807) is 0 Å². The fourth-order valence-corrected chi connectivity index (χ4v) is 3.37. The lowest BCUT2D eigenvalue weighted by Crippen LogP contribution is -2.43. The summed E-state index contributed by atoms with van der Waals surface area (Å²) in [4.78, 5) is 2.27. The standard InChI is InChI=1S/C18H28N2O/c1-13-11-16(10-7-14(13)12-19-15-8-9-15)20(2)17-5-3-4-6-18(17)21/h7,10-11,15,17-19,21H,3-6,8-9,12H2,1-2H3. The smallest absolute Gasteiger partial charge is 0.0743 e. The maximum atomic E-state index is 10.2. The number of hydrogen-bond acceptors (Lipinski definition) is 3. The lowest BCUT2D eigenvalue weighted by Gasteiger charge is -2.37. The first-order valence-corrected chi connectivity index (χ1v) is 8.39. The monoisotopic (exact) mass is 288 g/mol. The van der Waals surface area contributed by atoms with Gasteiger partial charge in [0.15, 0.2) is 0 Å². The maximum Gasteiger partial charge on any atom is 0.0743 e. The zero-order valence-corrected chi connectivity index (χ0v) is 13.3. The van der Waals surface area contributed by atoms with Crippen LogP contribution in [0.2, 0.25) is 0 Å². The van der Waals surface area contributed by atoms with Gasteiger partial charge in [-0.05, 0) is 55.9 Å². The summed E-state index contributed by atoms with van der Waals surface area (Å²) in [6.45, 7) is 3.17. The molecule has 2 aliphatic rings. The molecule has 2 atom stereocenters. The van der Waals surface area contributed by atoms with E-state index in [2.05, 4.69) is 42.4 Å². The Balaban J connectivity index is 1.67. The van der Waals surface area contributed by atoms with Gasteiger partial charge in [-0.2, -0.15) is 0 Å². The van der Waals surface area contributed by atoms with Crippen LogP contribution in [-0.4, -0.2) is 30.3 Å². The average Bonchev–Trinajstić information content (AvgIpc) is 3.30. The van der Waals surface area contributed by atoms with Crippen molar-refractivity contribution in [2.75, 3.05) is 11.9 Å². The molecule has 3 heteroatoms. The van der Waals surface area contributed by atoms with Crippen molar-refractivity contribution in [3.8, 4) is 0 Å². The summed E-state index contributed by atoms with van der Waals surface area (Å²) >= 11 is 0. The molecule has 0 heterocycles. The highest BCUT2D eigenvalue weighted by Crippen LogP contribution is 2.28. The lowest BCUT2D eigenvalue weighted by molar-refractivity contribution is 0.106. The van der Waals surface area contributed by atoms with Gasteiger partial charge in [-0.15, -0.1) is 0 Å². The molecule has 3 rings (SSSR count). The van der Waals surface area contributed by atoms with Crippen molar-refractivity contribution in [1.29, 1.82) is 0 Å². The largest absolute Gasteiger partial charge is 0.391 e. The van der Waals surface area contributed by atoms with E-state index < -0.39 is 0 Å². The molecule has 0 aliphatic heterocycles.